The van der Waals surface area contributed by atoms with E-state index in [0.29, 0.717) is 18.3 Å². The summed E-state index contributed by atoms with van der Waals surface area (Å²) in [5, 5.41) is 0. The first kappa shape index (κ1) is 21.2. The van der Waals surface area contributed by atoms with E-state index in [9.17, 15) is 0 Å². The van der Waals surface area contributed by atoms with Crippen LogP contribution >= 0.6 is 0 Å². The summed E-state index contributed by atoms with van der Waals surface area (Å²) in [5.41, 5.74) is -0.146. The third-order valence-electron chi connectivity index (χ3n) is 7.75. The minimum absolute atomic E-state index is 0.0728. The van der Waals surface area contributed by atoms with Crippen LogP contribution in [-0.2, 0) is 9.47 Å². The molecule has 0 bridgehead atoms. The molecule has 4 rings (SSSR count). The van der Waals surface area contributed by atoms with Gasteiger partial charge >= 0.3 is 0 Å². The van der Waals surface area contributed by atoms with Gasteiger partial charge in [0.2, 0.25) is 0 Å². The molecule has 2 atom stereocenters. The van der Waals surface area contributed by atoms with Gasteiger partial charge in [-0.25, -0.2) is 9.98 Å². The molecule has 0 N–H and O–H groups in total. The van der Waals surface area contributed by atoms with Crippen LogP contribution in [-0.4, -0.2) is 35.1 Å². The molecule has 4 heteroatoms. The molecule has 164 valence electrons. The third kappa shape index (κ3) is 4.23. The van der Waals surface area contributed by atoms with Crippen LogP contribution in [0.1, 0.15) is 111 Å². The minimum Gasteiger partial charge on any atom is -0.472 e. The van der Waals surface area contributed by atoms with Gasteiger partial charge in [-0.05, 0) is 63.2 Å². The van der Waals surface area contributed by atoms with E-state index in [1.165, 1.54) is 51.4 Å². The van der Waals surface area contributed by atoms with E-state index in [1.54, 1.807) is 0 Å². The highest BCUT2D eigenvalue weighted by Gasteiger charge is 2.50. The Balaban J connectivity index is 1.51. The zero-order chi connectivity index (χ0) is 20.5. The van der Waals surface area contributed by atoms with E-state index < -0.39 is 0 Å². The Morgan fingerprint density at radius 2 is 1.00 bits per heavy atom. The predicted octanol–water partition coefficient (Wildman–Crippen LogP) is 6.47. The molecule has 2 fully saturated rings. The van der Waals surface area contributed by atoms with Crippen molar-refractivity contribution in [1.29, 1.82) is 0 Å². The average Bonchev–Trinajstić information content (AvgIpc) is 2.96. The van der Waals surface area contributed by atoms with Gasteiger partial charge in [0.15, 0.2) is 11.8 Å². The van der Waals surface area contributed by atoms with Gasteiger partial charge in [-0.3, -0.25) is 0 Å². The predicted molar refractivity (Wildman–Crippen MR) is 120 cm³/mol. The highest BCUT2D eigenvalue weighted by atomic mass is 16.5. The summed E-state index contributed by atoms with van der Waals surface area (Å²) in [7, 11) is 0. The molecule has 2 heterocycles. The molecule has 0 amide bonds. The maximum absolute atomic E-state index is 6.69. The van der Waals surface area contributed by atoms with E-state index in [1.807, 2.05) is 0 Å². The Bertz CT molecular complexity index is 567. The number of hydrogen-bond acceptors (Lipinski definition) is 4. The van der Waals surface area contributed by atoms with Crippen LogP contribution in [0.5, 0.6) is 0 Å². The maximum atomic E-state index is 6.69. The quantitative estimate of drug-likeness (QED) is 0.541. The zero-order valence-corrected chi connectivity index (χ0v) is 19.2. The number of rotatable bonds is 4. The fourth-order valence-electron chi connectivity index (χ4n) is 6.44. The fourth-order valence-corrected chi connectivity index (χ4v) is 6.44. The number of ether oxygens (including phenoxy) is 2. The van der Waals surface area contributed by atoms with Crippen LogP contribution in [0, 0.1) is 11.8 Å². The minimum atomic E-state index is -0.0728. The fraction of sp³-hybridized carbons (Fsp3) is 0.920. The molecule has 0 aromatic rings. The van der Waals surface area contributed by atoms with Crippen molar-refractivity contribution in [2.24, 2.45) is 21.8 Å². The van der Waals surface area contributed by atoms with Crippen molar-refractivity contribution in [3.63, 3.8) is 0 Å². The number of aliphatic imine (C=N–C) groups is 2. The van der Waals surface area contributed by atoms with Gasteiger partial charge in [-0.15, -0.1) is 0 Å². The molecule has 2 saturated carbocycles. The van der Waals surface area contributed by atoms with Crippen molar-refractivity contribution in [3.05, 3.63) is 0 Å². The van der Waals surface area contributed by atoms with E-state index in [4.69, 9.17) is 19.5 Å². The Morgan fingerprint density at radius 3 is 1.31 bits per heavy atom. The van der Waals surface area contributed by atoms with E-state index in [0.717, 1.165) is 37.5 Å². The molecule has 0 unspecified atom stereocenters. The zero-order valence-electron chi connectivity index (χ0n) is 19.2. The van der Waals surface area contributed by atoms with Gasteiger partial charge in [0.1, 0.15) is 11.2 Å². The molecule has 0 radical (unpaired) electrons. The molecule has 29 heavy (non-hydrogen) atoms. The Labute approximate surface area is 177 Å². The molecule has 0 aromatic heterocycles. The second kappa shape index (κ2) is 8.59. The Hall–Kier alpha value is -1.06. The highest BCUT2D eigenvalue weighted by Crippen LogP contribution is 2.44. The molecule has 2 aliphatic heterocycles. The molecule has 2 aliphatic carbocycles. The summed E-state index contributed by atoms with van der Waals surface area (Å²) in [6, 6.07) is 0.565. The van der Waals surface area contributed by atoms with Crippen molar-refractivity contribution in [1.82, 2.24) is 0 Å². The van der Waals surface area contributed by atoms with Crippen LogP contribution in [0.3, 0.4) is 0 Å². The normalized spacial score (nSPS) is 31.4. The third-order valence-corrected chi connectivity index (χ3v) is 7.75. The second-order valence-corrected chi connectivity index (χ2v) is 10.8. The van der Waals surface area contributed by atoms with Crippen LogP contribution in [0.15, 0.2) is 9.98 Å². The second-order valence-electron chi connectivity index (χ2n) is 10.8. The van der Waals surface area contributed by atoms with E-state index in [-0.39, 0.29) is 23.3 Å². The highest BCUT2D eigenvalue weighted by molar-refractivity contribution is 5.99. The van der Waals surface area contributed by atoms with E-state index in [2.05, 4.69) is 27.7 Å². The molecule has 4 aliphatic rings. The number of nitrogens with zero attached hydrogens (tertiary/aromatic N) is 2. The largest absolute Gasteiger partial charge is 0.472 e. The first-order valence-corrected chi connectivity index (χ1v) is 12.5. The topological polar surface area (TPSA) is 43.2 Å². The number of hydrogen-bond donors (Lipinski definition) is 0. The van der Waals surface area contributed by atoms with Gasteiger partial charge in [-0.1, -0.05) is 53.4 Å². The standard InChI is InChI=1S/C25H42N2O2/c1-18(2)22-24(13-9-5-6-10-14-24)28-20(26-22)17-21-27-23(19(3)4)25(29-21)15-11-7-8-12-16-25/h18-19,22-23H,5-17H2,1-4H3/t22-,23-/m1/s1. The van der Waals surface area contributed by atoms with Gasteiger partial charge in [0.25, 0.3) is 0 Å². The lowest BCUT2D eigenvalue weighted by molar-refractivity contribution is 0.0196. The lowest BCUT2D eigenvalue weighted by atomic mass is 9.81. The Morgan fingerprint density at radius 1 is 0.655 bits per heavy atom. The molecular formula is C25H42N2O2. The van der Waals surface area contributed by atoms with Crippen molar-refractivity contribution in [3.8, 4) is 0 Å². The Kier molecular flexibility index (Phi) is 6.27. The summed E-state index contributed by atoms with van der Waals surface area (Å²) in [6.45, 7) is 9.19. The SMILES string of the molecule is CC(C)[C@H]1N=C(CC2=N[C@H](C(C)C)C3(CCCCCC3)O2)OC12CCCCCC2. The van der Waals surface area contributed by atoms with Crippen LogP contribution in [0.4, 0.5) is 0 Å². The van der Waals surface area contributed by atoms with Gasteiger partial charge in [0, 0.05) is 0 Å². The molecule has 4 nitrogen and oxygen atoms in total. The van der Waals surface area contributed by atoms with Crippen molar-refractivity contribution in [2.75, 3.05) is 0 Å². The van der Waals surface area contributed by atoms with Gasteiger partial charge in [-0.2, -0.15) is 0 Å². The van der Waals surface area contributed by atoms with E-state index >= 15 is 0 Å². The van der Waals surface area contributed by atoms with Crippen molar-refractivity contribution in [2.45, 2.75) is 134 Å². The summed E-state index contributed by atoms with van der Waals surface area (Å²) >= 11 is 0. The first-order valence-electron chi connectivity index (χ1n) is 12.5. The summed E-state index contributed by atoms with van der Waals surface area (Å²) < 4.78 is 13.4. The molecule has 2 spiro atoms. The van der Waals surface area contributed by atoms with Crippen LogP contribution in [0.2, 0.25) is 0 Å². The van der Waals surface area contributed by atoms with Gasteiger partial charge < -0.3 is 9.47 Å². The lowest BCUT2D eigenvalue weighted by Crippen LogP contribution is -2.43. The van der Waals surface area contributed by atoms with Crippen LogP contribution in [0.25, 0.3) is 0 Å². The molecular weight excluding hydrogens is 360 g/mol. The maximum Gasteiger partial charge on any atom is 0.193 e. The molecule has 0 saturated heterocycles. The molecule has 0 aromatic carbocycles. The smallest absolute Gasteiger partial charge is 0.193 e. The average molecular weight is 403 g/mol. The van der Waals surface area contributed by atoms with Crippen molar-refractivity contribution >= 4 is 11.8 Å². The lowest BCUT2D eigenvalue weighted by Gasteiger charge is -2.35. The summed E-state index contributed by atoms with van der Waals surface area (Å²) in [5.74, 6) is 2.79. The van der Waals surface area contributed by atoms with Gasteiger partial charge in [0.05, 0.1) is 18.5 Å². The summed E-state index contributed by atoms with van der Waals surface area (Å²) in [6.07, 6.45) is 15.6. The monoisotopic (exact) mass is 402 g/mol. The van der Waals surface area contributed by atoms with Crippen LogP contribution < -0.4 is 0 Å². The summed E-state index contributed by atoms with van der Waals surface area (Å²) in [4.78, 5) is 10.3. The van der Waals surface area contributed by atoms with Crippen molar-refractivity contribution < 1.29 is 9.47 Å². The first-order chi connectivity index (χ1) is 13.9.